The van der Waals surface area contributed by atoms with Gasteiger partial charge in [-0.2, -0.15) is 12.6 Å². The number of phenolic OH excluding ortho intramolecular Hbond substituents is 1. The normalized spacial score (nSPS) is 25.2. The van der Waals surface area contributed by atoms with Gasteiger partial charge >= 0.3 is 0 Å². The SMILES string of the molecule is CCCN1CC(CS)CC(c2cccc(O)c2)C1. The number of hydrogen-bond acceptors (Lipinski definition) is 3. The molecule has 18 heavy (non-hydrogen) atoms. The minimum Gasteiger partial charge on any atom is -0.508 e. The zero-order valence-corrected chi connectivity index (χ0v) is 11.9. The van der Waals surface area contributed by atoms with Gasteiger partial charge in [0.15, 0.2) is 0 Å². The van der Waals surface area contributed by atoms with Crippen LogP contribution in [0, 0.1) is 5.92 Å². The van der Waals surface area contributed by atoms with Gasteiger partial charge in [-0.25, -0.2) is 0 Å². The van der Waals surface area contributed by atoms with Crippen molar-refractivity contribution in [3.8, 4) is 5.75 Å². The highest BCUT2D eigenvalue weighted by molar-refractivity contribution is 7.80. The molecule has 1 aliphatic heterocycles. The van der Waals surface area contributed by atoms with E-state index in [1.807, 2.05) is 12.1 Å². The van der Waals surface area contributed by atoms with Crippen molar-refractivity contribution in [1.29, 1.82) is 0 Å². The van der Waals surface area contributed by atoms with E-state index in [0.717, 1.165) is 12.3 Å². The lowest BCUT2D eigenvalue weighted by molar-refractivity contribution is 0.166. The molecule has 0 bridgehead atoms. The number of rotatable bonds is 4. The van der Waals surface area contributed by atoms with Crippen molar-refractivity contribution < 1.29 is 5.11 Å². The zero-order valence-electron chi connectivity index (χ0n) is 11.0. The molecule has 0 aromatic heterocycles. The van der Waals surface area contributed by atoms with E-state index in [2.05, 4.69) is 30.5 Å². The van der Waals surface area contributed by atoms with Crippen LogP contribution in [0.1, 0.15) is 31.2 Å². The molecule has 2 nitrogen and oxygen atoms in total. The Labute approximate surface area is 115 Å². The van der Waals surface area contributed by atoms with Gasteiger partial charge in [-0.15, -0.1) is 0 Å². The Morgan fingerprint density at radius 3 is 2.89 bits per heavy atom. The zero-order chi connectivity index (χ0) is 13.0. The van der Waals surface area contributed by atoms with E-state index in [9.17, 15) is 5.11 Å². The molecule has 3 heteroatoms. The number of benzene rings is 1. The maximum absolute atomic E-state index is 9.61. The van der Waals surface area contributed by atoms with Crippen LogP contribution in [-0.2, 0) is 0 Å². The molecule has 2 rings (SSSR count). The van der Waals surface area contributed by atoms with Crippen LogP contribution in [0.3, 0.4) is 0 Å². The van der Waals surface area contributed by atoms with Crippen molar-refractivity contribution in [3.05, 3.63) is 29.8 Å². The van der Waals surface area contributed by atoms with Gasteiger partial charge in [-0.3, -0.25) is 0 Å². The van der Waals surface area contributed by atoms with Crippen LogP contribution in [0.5, 0.6) is 5.75 Å². The Kier molecular flexibility index (Phi) is 4.95. The van der Waals surface area contributed by atoms with Crippen LogP contribution >= 0.6 is 12.6 Å². The average Bonchev–Trinajstić information content (AvgIpc) is 2.39. The first kappa shape index (κ1) is 13.8. The number of nitrogens with zero attached hydrogens (tertiary/aromatic N) is 1. The molecule has 1 fully saturated rings. The molecule has 0 saturated carbocycles. The topological polar surface area (TPSA) is 23.5 Å². The number of phenols is 1. The van der Waals surface area contributed by atoms with Gasteiger partial charge in [-0.1, -0.05) is 19.1 Å². The molecule has 2 atom stereocenters. The fourth-order valence-electron chi connectivity index (χ4n) is 2.95. The van der Waals surface area contributed by atoms with E-state index in [-0.39, 0.29) is 0 Å². The van der Waals surface area contributed by atoms with Crippen LogP contribution < -0.4 is 0 Å². The molecular formula is C15H23NOS. The Balaban J connectivity index is 2.11. The molecular weight excluding hydrogens is 242 g/mol. The molecule has 1 aromatic rings. The molecule has 1 saturated heterocycles. The van der Waals surface area contributed by atoms with E-state index in [0.29, 0.717) is 17.6 Å². The molecule has 100 valence electrons. The molecule has 0 aliphatic carbocycles. The van der Waals surface area contributed by atoms with Crippen molar-refractivity contribution in [2.45, 2.75) is 25.7 Å². The smallest absolute Gasteiger partial charge is 0.115 e. The summed E-state index contributed by atoms with van der Waals surface area (Å²) in [6.45, 7) is 5.68. The quantitative estimate of drug-likeness (QED) is 0.817. The molecule has 1 heterocycles. The summed E-state index contributed by atoms with van der Waals surface area (Å²) in [4.78, 5) is 2.54. The van der Waals surface area contributed by atoms with Gasteiger partial charge in [0, 0.05) is 13.1 Å². The van der Waals surface area contributed by atoms with Crippen molar-refractivity contribution in [1.82, 2.24) is 4.90 Å². The maximum Gasteiger partial charge on any atom is 0.115 e. The summed E-state index contributed by atoms with van der Waals surface area (Å²) >= 11 is 4.47. The Morgan fingerprint density at radius 1 is 1.39 bits per heavy atom. The lowest BCUT2D eigenvalue weighted by Gasteiger charge is -2.37. The molecule has 0 radical (unpaired) electrons. The van der Waals surface area contributed by atoms with Crippen molar-refractivity contribution in [2.75, 3.05) is 25.4 Å². The van der Waals surface area contributed by atoms with Gasteiger partial charge in [0.25, 0.3) is 0 Å². The third kappa shape index (κ3) is 3.42. The lowest BCUT2D eigenvalue weighted by atomic mass is 9.85. The second-order valence-electron chi connectivity index (χ2n) is 5.34. The Bertz CT molecular complexity index is 383. The lowest BCUT2D eigenvalue weighted by Crippen LogP contribution is -2.40. The summed E-state index contributed by atoms with van der Waals surface area (Å²) in [6.07, 6.45) is 2.39. The Morgan fingerprint density at radius 2 is 2.22 bits per heavy atom. The molecule has 0 amide bonds. The standard InChI is InChI=1S/C15H23NOS/c1-2-6-16-9-12(11-18)7-14(10-16)13-4-3-5-15(17)8-13/h3-5,8,12,14,17-18H,2,6-7,9-11H2,1H3. The number of hydrogen-bond donors (Lipinski definition) is 2. The van der Waals surface area contributed by atoms with Crippen LogP contribution in [0.4, 0.5) is 0 Å². The second kappa shape index (κ2) is 6.48. The first-order valence-corrected chi connectivity index (χ1v) is 7.48. The van der Waals surface area contributed by atoms with Crippen molar-refractivity contribution in [2.24, 2.45) is 5.92 Å². The summed E-state index contributed by atoms with van der Waals surface area (Å²) in [5.74, 6) is 2.54. The molecule has 2 unspecified atom stereocenters. The maximum atomic E-state index is 9.61. The Hall–Kier alpha value is -0.670. The highest BCUT2D eigenvalue weighted by Crippen LogP contribution is 2.32. The monoisotopic (exact) mass is 265 g/mol. The summed E-state index contributed by atoms with van der Waals surface area (Å²) in [7, 11) is 0. The molecule has 1 N–H and O–H groups in total. The molecule has 0 spiro atoms. The fraction of sp³-hybridized carbons (Fsp3) is 0.600. The predicted molar refractivity (Wildman–Crippen MR) is 79.5 cm³/mol. The summed E-state index contributed by atoms with van der Waals surface area (Å²) in [6, 6.07) is 7.73. The van der Waals surface area contributed by atoms with Gasteiger partial charge in [0.05, 0.1) is 0 Å². The fourth-order valence-corrected chi connectivity index (χ4v) is 3.22. The highest BCUT2D eigenvalue weighted by atomic mass is 32.1. The summed E-state index contributed by atoms with van der Waals surface area (Å²) in [5, 5.41) is 9.61. The van der Waals surface area contributed by atoms with Crippen molar-refractivity contribution in [3.63, 3.8) is 0 Å². The van der Waals surface area contributed by atoms with E-state index >= 15 is 0 Å². The first-order chi connectivity index (χ1) is 8.72. The van der Waals surface area contributed by atoms with Crippen LogP contribution in [0.25, 0.3) is 0 Å². The van der Waals surface area contributed by atoms with Gasteiger partial charge in [-0.05, 0) is 54.7 Å². The minimum absolute atomic E-state index is 0.377. The summed E-state index contributed by atoms with van der Waals surface area (Å²) < 4.78 is 0. The number of aromatic hydroxyl groups is 1. The van der Waals surface area contributed by atoms with Crippen LogP contribution in [0.15, 0.2) is 24.3 Å². The third-order valence-corrected chi connectivity index (χ3v) is 4.27. The van der Waals surface area contributed by atoms with E-state index in [1.54, 1.807) is 6.07 Å². The van der Waals surface area contributed by atoms with E-state index < -0.39 is 0 Å². The predicted octanol–water partition coefficient (Wildman–Crippen LogP) is 3.14. The van der Waals surface area contributed by atoms with Crippen LogP contribution in [0.2, 0.25) is 0 Å². The van der Waals surface area contributed by atoms with Crippen LogP contribution in [-0.4, -0.2) is 35.4 Å². The third-order valence-electron chi connectivity index (χ3n) is 3.75. The van der Waals surface area contributed by atoms with E-state index in [4.69, 9.17) is 0 Å². The van der Waals surface area contributed by atoms with Gasteiger partial charge in [0.1, 0.15) is 5.75 Å². The van der Waals surface area contributed by atoms with E-state index in [1.165, 1.54) is 31.5 Å². The number of likely N-dealkylation sites (tertiary alicyclic amines) is 1. The number of thiol groups is 1. The largest absolute Gasteiger partial charge is 0.508 e. The number of piperidine rings is 1. The summed E-state index contributed by atoms with van der Waals surface area (Å²) in [5.41, 5.74) is 1.27. The highest BCUT2D eigenvalue weighted by Gasteiger charge is 2.27. The van der Waals surface area contributed by atoms with Gasteiger partial charge < -0.3 is 10.0 Å². The van der Waals surface area contributed by atoms with Gasteiger partial charge in [0.2, 0.25) is 0 Å². The minimum atomic E-state index is 0.377. The molecule has 1 aromatic carbocycles. The second-order valence-corrected chi connectivity index (χ2v) is 5.70. The first-order valence-electron chi connectivity index (χ1n) is 6.85. The molecule has 1 aliphatic rings. The van der Waals surface area contributed by atoms with Crippen molar-refractivity contribution >= 4 is 12.6 Å². The average molecular weight is 265 g/mol.